The number of imidazole rings is 1. The molecule has 0 aliphatic carbocycles. The van der Waals surface area contributed by atoms with Crippen LogP contribution < -0.4 is 0 Å². The number of likely N-dealkylation sites (tertiary alicyclic amines) is 2. The van der Waals surface area contributed by atoms with E-state index >= 15 is 0 Å². The molecule has 5 aromatic rings. The van der Waals surface area contributed by atoms with Crippen molar-refractivity contribution in [2.75, 3.05) is 26.2 Å². The third-order valence-corrected chi connectivity index (χ3v) is 7.50. The minimum absolute atomic E-state index is 0.00531. The molecule has 2 aliphatic rings. The monoisotopic (exact) mass is 488 g/mol. The Morgan fingerprint density at radius 2 is 1.46 bits per heavy atom. The van der Waals surface area contributed by atoms with Crippen LogP contribution in [-0.2, 0) is 0 Å². The molecule has 2 unspecified atom stereocenters. The second-order valence-electron chi connectivity index (χ2n) is 9.87. The predicted octanol–water partition coefficient (Wildman–Crippen LogP) is 4.02. The number of amides is 2. The third-order valence-electron chi connectivity index (χ3n) is 7.50. The van der Waals surface area contributed by atoms with E-state index in [9.17, 15) is 9.59 Å². The van der Waals surface area contributed by atoms with Crippen LogP contribution in [0.3, 0.4) is 0 Å². The zero-order chi connectivity index (χ0) is 24.9. The average molecular weight is 489 g/mol. The summed E-state index contributed by atoms with van der Waals surface area (Å²) in [7, 11) is 0. The summed E-state index contributed by atoms with van der Waals surface area (Å²) in [5, 5.41) is 0.960. The van der Waals surface area contributed by atoms with E-state index in [0.29, 0.717) is 49.0 Å². The molecule has 7 rings (SSSR count). The topological polar surface area (TPSA) is 95.1 Å². The molecule has 3 aromatic heterocycles. The first-order valence-corrected chi connectivity index (χ1v) is 12.5. The van der Waals surface area contributed by atoms with Crippen LogP contribution in [0, 0.1) is 11.8 Å². The van der Waals surface area contributed by atoms with Gasteiger partial charge in [0.2, 0.25) is 0 Å². The van der Waals surface area contributed by atoms with Crippen LogP contribution in [0.5, 0.6) is 0 Å². The maximum atomic E-state index is 13.3. The minimum atomic E-state index is -0.0797. The Bertz CT molecular complexity index is 1630. The van der Waals surface area contributed by atoms with Crippen molar-refractivity contribution in [3.05, 3.63) is 90.3 Å². The Morgan fingerprint density at radius 1 is 0.757 bits per heavy atom. The smallest absolute Gasteiger partial charge is 0.272 e. The normalized spacial score (nSPS) is 19.0. The van der Waals surface area contributed by atoms with Crippen LogP contribution in [0.2, 0.25) is 0 Å². The van der Waals surface area contributed by atoms with Gasteiger partial charge in [0.15, 0.2) is 5.82 Å². The van der Waals surface area contributed by atoms with E-state index in [1.807, 2.05) is 76.5 Å². The van der Waals surface area contributed by atoms with Crippen LogP contribution in [0.15, 0.2) is 79.0 Å². The number of aromatic nitrogens is 4. The van der Waals surface area contributed by atoms with Gasteiger partial charge in [0, 0.05) is 49.6 Å². The quantitative estimate of drug-likeness (QED) is 0.414. The van der Waals surface area contributed by atoms with Crippen molar-refractivity contribution >= 4 is 33.8 Å². The summed E-state index contributed by atoms with van der Waals surface area (Å²) < 4.78 is 0. The van der Waals surface area contributed by atoms with Gasteiger partial charge in [0.25, 0.3) is 11.8 Å². The zero-order valence-corrected chi connectivity index (χ0v) is 20.0. The van der Waals surface area contributed by atoms with Crippen LogP contribution >= 0.6 is 0 Å². The van der Waals surface area contributed by atoms with E-state index in [1.165, 1.54) is 0 Å². The lowest BCUT2D eigenvalue weighted by atomic mass is 10.0. The Kier molecular flexibility index (Phi) is 4.99. The molecule has 2 saturated heterocycles. The highest BCUT2D eigenvalue weighted by molar-refractivity contribution is 5.97. The lowest BCUT2D eigenvalue weighted by Gasteiger charge is -2.22. The van der Waals surface area contributed by atoms with E-state index in [0.717, 1.165) is 21.9 Å². The molecule has 2 fully saturated rings. The Labute approximate surface area is 213 Å². The number of carbonyl (C=O) groups is 2. The molecule has 0 bridgehead atoms. The molecular weight excluding hydrogens is 464 g/mol. The second-order valence-corrected chi connectivity index (χ2v) is 9.87. The largest absolute Gasteiger partial charge is 0.338 e. The fraction of sp³-hybridized carbons (Fsp3) is 0.207. The maximum absolute atomic E-state index is 13.3. The highest BCUT2D eigenvalue weighted by atomic mass is 16.2. The Morgan fingerprint density at radius 3 is 2.24 bits per heavy atom. The molecule has 5 heterocycles. The van der Waals surface area contributed by atoms with E-state index in [-0.39, 0.29) is 23.7 Å². The lowest BCUT2D eigenvalue weighted by Crippen LogP contribution is -2.36. The summed E-state index contributed by atoms with van der Waals surface area (Å²) in [6, 6.07) is 23.0. The standard InChI is InChI=1S/C29H24N6O2/c36-28(19-12-18-6-1-2-7-22(18)30-13-19)34-14-20-16-35(17-21(20)15-34)29(37)26-11-5-10-25(31-26)27-32-23-8-3-4-9-24(23)33-27/h1-13,20-21H,14-17H2,(H,32,33). The first-order chi connectivity index (χ1) is 18.1. The van der Waals surface area contributed by atoms with Gasteiger partial charge in [0.05, 0.1) is 22.1 Å². The highest BCUT2D eigenvalue weighted by Crippen LogP contribution is 2.33. The molecule has 0 radical (unpaired) electrons. The van der Waals surface area contributed by atoms with E-state index in [4.69, 9.17) is 0 Å². The molecule has 8 nitrogen and oxygen atoms in total. The van der Waals surface area contributed by atoms with Crippen molar-refractivity contribution in [3.8, 4) is 11.5 Å². The molecule has 0 saturated carbocycles. The van der Waals surface area contributed by atoms with Gasteiger partial charge in [0.1, 0.15) is 11.4 Å². The lowest BCUT2D eigenvalue weighted by molar-refractivity contribution is 0.0735. The van der Waals surface area contributed by atoms with Crippen LogP contribution in [0.4, 0.5) is 0 Å². The Hall–Kier alpha value is -4.59. The van der Waals surface area contributed by atoms with Gasteiger partial charge in [-0.1, -0.05) is 36.4 Å². The molecule has 0 spiro atoms. The molecule has 37 heavy (non-hydrogen) atoms. The van der Waals surface area contributed by atoms with E-state index in [2.05, 4.69) is 19.9 Å². The number of aromatic amines is 1. The molecule has 1 N–H and O–H groups in total. The summed E-state index contributed by atoms with van der Waals surface area (Å²) in [4.78, 5) is 47.3. The molecule has 2 aliphatic heterocycles. The van der Waals surface area contributed by atoms with Crippen molar-refractivity contribution < 1.29 is 9.59 Å². The van der Waals surface area contributed by atoms with Gasteiger partial charge in [-0.3, -0.25) is 14.6 Å². The van der Waals surface area contributed by atoms with Gasteiger partial charge in [-0.15, -0.1) is 0 Å². The SMILES string of the molecule is O=C(c1cnc2ccccc2c1)N1CC2CN(C(=O)c3cccc(-c4nc5ccccc5[nH]4)n3)CC2C1. The summed E-state index contributed by atoms with van der Waals surface area (Å²) in [5.74, 6) is 1.10. The number of para-hydroxylation sites is 3. The minimum Gasteiger partial charge on any atom is -0.338 e. The number of H-pyrrole nitrogens is 1. The van der Waals surface area contributed by atoms with E-state index < -0.39 is 0 Å². The average Bonchev–Trinajstić information content (AvgIpc) is 3.65. The molecule has 182 valence electrons. The first kappa shape index (κ1) is 21.7. The maximum Gasteiger partial charge on any atom is 0.272 e. The number of nitrogens with zero attached hydrogens (tertiary/aromatic N) is 5. The van der Waals surface area contributed by atoms with E-state index in [1.54, 1.807) is 12.3 Å². The number of rotatable bonds is 3. The molecule has 2 atom stereocenters. The van der Waals surface area contributed by atoms with Crippen molar-refractivity contribution in [3.63, 3.8) is 0 Å². The fourth-order valence-corrected chi connectivity index (χ4v) is 5.62. The fourth-order valence-electron chi connectivity index (χ4n) is 5.62. The molecule has 2 aromatic carbocycles. The summed E-state index contributed by atoms with van der Waals surface area (Å²) in [6.45, 7) is 2.54. The molecule has 2 amide bonds. The number of hydrogen-bond acceptors (Lipinski definition) is 5. The van der Waals surface area contributed by atoms with Gasteiger partial charge >= 0.3 is 0 Å². The Balaban J connectivity index is 1.04. The second kappa shape index (κ2) is 8.51. The van der Waals surface area contributed by atoms with Crippen LogP contribution in [0.1, 0.15) is 20.8 Å². The molecular formula is C29H24N6O2. The van der Waals surface area contributed by atoms with Crippen LogP contribution in [0.25, 0.3) is 33.5 Å². The number of benzene rings is 2. The van der Waals surface area contributed by atoms with Crippen LogP contribution in [-0.4, -0.2) is 67.7 Å². The number of fused-ring (bicyclic) bond motifs is 3. The highest BCUT2D eigenvalue weighted by Gasteiger charge is 2.43. The third kappa shape index (κ3) is 3.81. The first-order valence-electron chi connectivity index (χ1n) is 12.5. The van der Waals surface area contributed by atoms with Crippen molar-refractivity contribution in [2.45, 2.75) is 0 Å². The van der Waals surface area contributed by atoms with Gasteiger partial charge < -0.3 is 14.8 Å². The van der Waals surface area contributed by atoms with Crippen molar-refractivity contribution in [2.24, 2.45) is 11.8 Å². The van der Waals surface area contributed by atoms with Crippen molar-refractivity contribution in [1.29, 1.82) is 0 Å². The summed E-state index contributed by atoms with van der Waals surface area (Å²) in [5.41, 5.74) is 4.34. The van der Waals surface area contributed by atoms with Gasteiger partial charge in [-0.2, -0.15) is 0 Å². The number of pyridine rings is 2. The van der Waals surface area contributed by atoms with Gasteiger partial charge in [-0.05, 0) is 36.4 Å². The number of nitrogens with one attached hydrogen (secondary N) is 1. The van der Waals surface area contributed by atoms with Gasteiger partial charge in [-0.25, -0.2) is 9.97 Å². The van der Waals surface area contributed by atoms with Crippen molar-refractivity contribution in [1.82, 2.24) is 29.7 Å². The number of carbonyl (C=O) groups excluding carboxylic acids is 2. The zero-order valence-electron chi connectivity index (χ0n) is 20.0. The molecule has 8 heteroatoms. The predicted molar refractivity (Wildman–Crippen MR) is 140 cm³/mol. The number of hydrogen-bond donors (Lipinski definition) is 1. The summed E-state index contributed by atoms with van der Waals surface area (Å²) in [6.07, 6.45) is 1.66. The summed E-state index contributed by atoms with van der Waals surface area (Å²) >= 11 is 0.